The molecule has 0 aliphatic heterocycles. The smallest absolute Gasteiger partial charge is 0.355 e. The molecule has 0 fully saturated rings. The number of imidazole rings is 1. The number of rotatable bonds is 4. The highest BCUT2D eigenvalue weighted by Gasteiger charge is 2.16. The number of nitrogens with one attached hydrogen (secondary N) is 1. The maximum Gasteiger partial charge on any atom is 0.355 e. The van der Waals surface area contributed by atoms with Crippen LogP contribution in [0.5, 0.6) is 0 Å². The van der Waals surface area contributed by atoms with E-state index in [9.17, 15) is 4.79 Å². The molecule has 0 saturated heterocycles. The van der Waals surface area contributed by atoms with Gasteiger partial charge in [0.15, 0.2) is 11.5 Å². The summed E-state index contributed by atoms with van der Waals surface area (Å²) in [6.07, 6.45) is 3.44. The van der Waals surface area contributed by atoms with Gasteiger partial charge in [-0.15, -0.1) is 11.3 Å². The molecule has 0 saturated carbocycles. The van der Waals surface area contributed by atoms with Gasteiger partial charge in [-0.3, -0.25) is 0 Å². The van der Waals surface area contributed by atoms with Gasteiger partial charge in [-0.25, -0.2) is 19.7 Å². The summed E-state index contributed by atoms with van der Waals surface area (Å²) in [7, 11) is 1.92. The van der Waals surface area contributed by atoms with E-state index >= 15 is 0 Å². The molecule has 0 aliphatic carbocycles. The minimum absolute atomic E-state index is 0.0626. The molecule has 1 atom stereocenters. The number of hydrogen-bond acceptors (Lipinski definition) is 6. The number of aromatic carboxylic acids is 1. The minimum Gasteiger partial charge on any atom is -0.476 e. The van der Waals surface area contributed by atoms with Crippen molar-refractivity contribution in [2.24, 2.45) is 7.05 Å². The lowest BCUT2D eigenvalue weighted by Gasteiger charge is -2.12. The number of carbonyl (C=O) groups is 1. The Morgan fingerprint density at radius 3 is 3.00 bits per heavy atom. The maximum absolute atomic E-state index is 10.9. The average molecular weight is 303 g/mol. The van der Waals surface area contributed by atoms with Gasteiger partial charge in [-0.05, 0) is 13.0 Å². The van der Waals surface area contributed by atoms with Crippen molar-refractivity contribution in [3.8, 4) is 0 Å². The van der Waals surface area contributed by atoms with Crippen LogP contribution >= 0.6 is 11.3 Å². The van der Waals surface area contributed by atoms with E-state index in [4.69, 9.17) is 5.11 Å². The lowest BCUT2D eigenvalue weighted by Crippen LogP contribution is -2.09. The number of thiazole rings is 1. The van der Waals surface area contributed by atoms with Gasteiger partial charge < -0.3 is 15.0 Å². The number of aryl methyl sites for hydroxylation is 1. The molecule has 3 aromatic rings. The maximum atomic E-state index is 10.9. The van der Waals surface area contributed by atoms with Crippen LogP contribution in [0.3, 0.4) is 0 Å². The zero-order valence-electron chi connectivity index (χ0n) is 11.4. The van der Waals surface area contributed by atoms with Gasteiger partial charge >= 0.3 is 5.97 Å². The summed E-state index contributed by atoms with van der Waals surface area (Å²) in [5.74, 6) is -0.359. The Hall–Kier alpha value is -2.48. The number of aromatic nitrogens is 4. The molecule has 0 aliphatic rings. The van der Waals surface area contributed by atoms with Crippen molar-refractivity contribution in [3.63, 3.8) is 0 Å². The van der Waals surface area contributed by atoms with E-state index in [1.165, 1.54) is 16.7 Å². The van der Waals surface area contributed by atoms with Crippen molar-refractivity contribution >= 4 is 34.2 Å². The SMILES string of the molecule is CC(Nc1nccc2c1ncn2C)c1nc(C(=O)O)cs1. The first-order chi connectivity index (χ1) is 10.1. The monoisotopic (exact) mass is 303 g/mol. The van der Waals surface area contributed by atoms with E-state index in [0.29, 0.717) is 10.8 Å². The van der Waals surface area contributed by atoms with Crippen LogP contribution in [0.25, 0.3) is 11.0 Å². The molecular formula is C13H13N5O2S. The molecule has 3 aromatic heterocycles. The molecule has 1 unspecified atom stereocenters. The summed E-state index contributed by atoms with van der Waals surface area (Å²) in [6, 6.07) is 1.74. The van der Waals surface area contributed by atoms with Gasteiger partial charge in [0.05, 0.1) is 17.9 Å². The molecular weight excluding hydrogens is 290 g/mol. The van der Waals surface area contributed by atoms with Gasteiger partial charge in [0, 0.05) is 18.6 Å². The molecule has 21 heavy (non-hydrogen) atoms. The largest absolute Gasteiger partial charge is 0.476 e. The molecule has 0 spiro atoms. The molecule has 0 radical (unpaired) electrons. The van der Waals surface area contributed by atoms with E-state index in [2.05, 4.69) is 20.3 Å². The van der Waals surface area contributed by atoms with Crippen LogP contribution in [-0.2, 0) is 7.05 Å². The second-order valence-electron chi connectivity index (χ2n) is 4.62. The lowest BCUT2D eigenvalue weighted by molar-refractivity contribution is 0.0691. The normalized spacial score (nSPS) is 12.5. The Kier molecular flexibility index (Phi) is 3.30. The standard InChI is InChI=1S/C13H13N5O2S/c1-7(12-17-8(5-21-12)13(19)20)16-11-10-9(3-4-14-11)18(2)6-15-10/h3-7H,1-2H3,(H,14,16)(H,19,20). The van der Waals surface area contributed by atoms with E-state index in [0.717, 1.165) is 11.0 Å². The fraction of sp³-hybridized carbons (Fsp3) is 0.231. The molecule has 8 heteroatoms. The zero-order chi connectivity index (χ0) is 15.0. The molecule has 7 nitrogen and oxygen atoms in total. The number of fused-ring (bicyclic) bond motifs is 1. The highest BCUT2D eigenvalue weighted by Crippen LogP contribution is 2.25. The van der Waals surface area contributed by atoms with Crippen LogP contribution in [0.1, 0.15) is 28.5 Å². The summed E-state index contributed by atoms with van der Waals surface area (Å²) in [4.78, 5) is 23.6. The summed E-state index contributed by atoms with van der Waals surface area (Å²) in [6.45, 7) is 1.91. The molecule has 0 amide bonds. The quantitative estimate of drug-likeness (QED) is 0.768. The minimum atomic E-state index is -1.02. The van der Waals surface area contributed by atoms with E-state index in [-0.39, 0.29) is 11.7 Å². The molecule has 108 valence electrons. The summed E-state index contributed by atoms with van der Waals surface area (Å²) >= 11 is 1.31. The van der Waals surface area contributed by atoms with Crippen molar-refractivity contribution in [1.82, 2.24) is 19.5 Å². The van der Waals surface area contributed by atoms with Gasteiger partial charge in [0.1, 0.15) is 10.5 Å². The number of nitrogens with zero attached hydrogens (tertiary/aromatic N) is 4. The van der Waals surface area contributed by atoms with E-state index in [1.54, 1.807) is 12.5 Å². The molecule has 3 rings (SSSR count). The second-order valence-corrected chi connectivity index (χ2v) is 5.51. The Labute approximate surface area is 124 Å². The van der Waals surface area contributed by atoms with Crippen LogP contribution in [0.2, 0.25) is 0 Å². The first-order valence-corrected chi connectivity index (χ1v) is 7.15. The Morgan fingerprint density at radius 2 is 2.29 bits per heavy atom. The topological polar surface area (TPSA) is 92.9 Å². The molecule has 0 aromatic carbocycles. The van der Waals surface area contributed by atoms with Gasteiger partial charge in [-0.2, -0.15) is 0 Å². The Balaban J connectivity index is 1.88. The highest BCUT2D eigenvalue weighted by atomic mass is 32.1. The third-order valence-corrected chi connectivity index (χ3v) is 4.14. The first kappa shape index (κ1) is 13.5. The predicted molar refractivity (Wildman–Crippen MR) is 79.6 cm³/mol. The number of anilines is 1. The third kappa shape index (κ3) is 2.45. The zero-order valence-corrected chi connectivity index (χ0v) is 12.3. The third-order valence-electron chi connectivity index (χ3n) is 3.11. The first-order valence-electron chi connectivity index (χ1n) is 6.27. The van der Waals surface area contributed by atoms with E-state index < -0.39 is 5.97 Å². The summed E-state index contributed by atoms with van der Waals surface area (Å²) in [5, 5.41) is 14.4. The Bertz CT molecular complexity index is 810. The van der Waals surface area contributed by atoms with Crippen molar-refractivity contribution in [2.45, 2.75) is 13.0 Å². The van der Waals surface area contributed by atoms with Gasteiger partial charge in [0.25, 0.3) is 0 Å². The summed E-state index contributed by atoms with van der Waals surface area (Å²) in [5.41, 5.74) is 1.82. The fourth-order valence-electron chi connectivity index (χ4n) is 2.02. The highest BCUT2D eigenvalue weighted by molar-refractivity contribution is 7.09. The fourth-order valence-corrected chi connectivity index (χ4v) is 2.82. The molecule has 0 bridgehead atoms. The predicted octanol–water partition coefficient (Wildman–Crippen LogP) is 2.30. The Morgan fingerprint density at radius 1 is 1.48 bits per heavy atom. The van der Waals surface area contributed by atoms with Crippen molar-refractivity contribution in [1.29, 1.82) is 0 Å². The van der Waals surface area contributed by atoms with E-state index in [1.807, 2.05) is 24.6 Å². The van der Waals surface area contributed by atoms with Crippen molar-refractivity contribution < 1.29 is 9.90 Å². The number of carboxylic acid groups (broad SMARTS) is 1. The van der Waals surface area contributed by atoms with Crippen molar-refractivity contribution in [2.75, 3.05) is 5.32 Å². The number of pyridine rings is 1. The van der Waals surface area contributed by atoms with Crippen LogP contribution in [-0.4, -0.2) is 30.6 Å². The van der Waals surface area contributed by atoms with Gasteiger partial charge in [0.2, 0.25) is 0 Å². The average Bonchev–Trinajstić information content (AvgIpc) is 3.07. The van der Waals surface area contributed by atoms with Crippen molar-refractivity contribution in [3.05, 3.63) is 34.7 Å². The van der Waals surface area contributed by atoms with Gasteiger partial charge in [-0.1, -0.05) is 0 Å². The lowest BCUT2D eigenvalue weighted by atomic mass is 10.3. The summed E-state index contributed by atoms with van der Waals surface area (Å²) < 4.78 is 1.92. The molecule has 3 heterocycles. The number of hydrogen-bond donors (Lipinski definition) is 2. The van der Waals surface area contributed by atoms with Crippen LogP contribution in [0.4, 0.5) is 5.82 Å². The molecule has 2 N–H and O–H groups in total. The van der Waals surface area contributed by atoms with Crippen LogP contribution < -0.4 is 5.32 Å². The van der Waals surface area contributed by atoms with Crippen LogP contribution in [0, 0.1) is 0 Å². The second kappa shape index (κ2) is 5.13. The number of carboxylic acids is 1. The van der Waals surface area contributed by atoms with Crippen LogP contribution in [0.15, 0.2) is 24.0 Å².